The van der Waals surface area contributed by atoms with Gasteiger partial charge in [-0.1, -0.05) is 54.6 Å². The van der Waals surface area contributed by atoms with E-state index in [1.807, 2.05) is 12.1 Å². The zero-order valence-electron chi connectivity index (χ0n) is 56.4. The first-order valence-corrected chi connectivity index (χ1v) is 31.7. The largest absolute Gasteiger partial charge is 0.465 e. The van der Waals surface area contributed by atoms with Crippen LogP contribution in [0.15, 0.2) is 176 Å². The minimum Gasteiger partial charge on any atom is -0.465 e. The number of nitrogens with two attached hydrogens (primary N) is 2. The summed E-state index contributed by atoms with van der Waals surface area (Å²) in [7, 11) is 5.07. The molecule has 0 bridgehead atoms. The first-order valence-electron chi connectivity index (χ1n) is 30.2. The van der Waals surface area contributed by atoms with Gasteiger partial charge in [0.05, 0.1) is 122 Å². The van der Waals surface area contributed by atoms with E-state index in [1.165, 1.54) is 51.7 Å². The van der Waals surface area contributed by atoms with Crippen LogP contribution in [-0.2, 0) is 71.3 Å². The standard InChI is InChI=1S/C19H18N2O8.C19H19NO6.C12H16N2O5.C11H11ClO4.C8H9NO2.CH2Cl2/c1-27-18(23)14-7-8-15(16(11-14)21(25)26)20-17(22)12-28-9-10-29-19(24)13-5-3-2-4-6-13;1-24-18(22)15-7-9-16(10-8-15)20-17(21)13-25-11-12-26-19(23)14-5-3-2-4-6-14;1-18-12(17)8-2-3-10(9(13)6-8)14-11(16)7-19-5-4-15;12-10(13)8-15-6-7-16-11(14)9-4-2-1-3-5-9;1-11-8(10)6-2-4-7(9)5-3-6;2-1-3/h2-8,11H,9-10,12H2,1H3,(H,20,22);2-10H,11-13H2,1H3,(H,20,21);2-3,6,15H,4-5,7,13H2,1H3,(H,14,16);1-5H,6-8H2;2-5H,9H2,1H3;1H2. The van der Waals surface area contributed by atoms with Gasteiger partial charge in [0.25, 0.3) is 11.6 Å². The molecule has 31 nitrogen and oxygen atoms in total. The van der Waals surface area contributed by atoms with Crippen LogP contribution in [0.5, 0.6) is 0 Å². The molecule has 0 saturated carbocycles. The molecule has 7 aromatic rings. The second-order valence-corrected chi connectivity index (χ2v) is 20.7. The topological polar surface area (TPSA) is 441 Å². The molecule has 0 radical (unpaired) electrons. The number of benzene rings is 7. The number of alkyl halides is 2. The van der Waals surface area contributed by atoms with E-state index < -0.39 is 70.1 Å². The fourth-order valence-corrected chi connectivity index (χ4v) is 7.41. The SMILES string of the molecule is COC(=O)c1ccc(N)cc1.COC(=O)c1ccc(NC(=O)COCCO)c(N)c1.COC(=O)c1ccc(NC(=O)COCCOC(=O)c2ccccc2)c([N+](=O)[O-])c1.COC(=O)c1ccc(NC(=O)COCCOC(=O)c2ccccc2)cc1.ClCCl.O=C(Cl)COCCOC(=O)c1ccccc1. The second kappa shape index (κ2) is 52.5. The summed E-state index contributed by atoms with van der Waals surface area (Å²) in [5, 5.41) is 26.8. The molecule has 34 heteroatoms. The summed E-state index contributed by atoms with van der Waals surface area (Å²) in [5.41, 5.74) is 14.9. The van der Waals surface area contributed by atoms with Gasteiger partial charge >= 0.3 is 41.8 Å². The van der Waals surface area contributed by atoms with Crippen LogP contribution in [0, 0.1) is 10.1 Å². The highest BCUT2D eigenvalue weighted by molar-refractivity contribution is 6.63. The molecule has 7 aromatic carbocycles. The zero-order chi connectivity index (χ0) is 77.0. The monoisotopic (exact) mass is 1500 g/mol. The quantitative estimate of drug-likeness (QED) is 0.00358. The average molecular weight is 1510 g/mol. The number of methoxy groups -OCH3 is 4. The lowest BCUT2D eigenvalue weighted by atomic mass is 10.1. The highest BCUT2D eigenvalue weighted by Crippen LogP contribution is 2.26. The number of carbonyl (C=O) groups excluding carboxylic acids is 11. The third-order valence-electron chi connectivity index (χ3n) is 12.1. The molecule has 0 saturated heterocycles. The van der Waals surface area contributed by atoms with Crippen molar-refractivity contribution in [1.82, 2.24) is 0 Å². The Morgan fingerprint density at radius 3 is 1.09 bits per heavy atom. The molecule has 0 spiro atoms. The number of ether oxygens (including phenoxy) is 11. The number of hydrogen-bond donors (Lipinski definition) is 6. The van der Waals surface area contributed by atoms with Crippen molar-refractivity contribution >= 4 is 134 Å². The lowest BCUT2D eigenvalue weighted by Gasteiger charge is -2.09. The van der Waals surface area contributed by atoms with Gasteiger partial charge in [0.1, 0.15) is 51.9 Å². The highest BCUT2D eigenvalue weighted by Gasteiger charge is 2.20. The molecule has 104 heavy (non-hydrogen) atoms. The molecule has 556 valence electrons. The molecule has 0 atom stereocenters. The first-order chi connectivity index (χ1) is 49.9. The lowest BCUT2D eigenvalue weighted by molar-refractivity contribution is -0.384. The van der Waals surface area contributed by atoms with E-state index in [1.54, 1.807) is 127 Å². The number of nitro groups is 1. The van der Waals surface area contributed by atoms with E-state index in [9.17, 15) is 62.9 Å². The van der Waals surface area contributed by atoms with Gasteiger partial charge in [-0.25, -0.2) is 33.6 Å². The number of aliphatic hydroxyl groups excluding tert-OH is 1. The highest BCUT2D eigenvalue weighted by atomic mass is 35.5. The van der Waals surface area contributed by atoms with Crippen molar-refractivity contribution in [2.75, 3.05) is 140 Å². The number of nitro benzene ring substituents is 1. The number of halogens is 3. The van der Waals surface area contributed by atoms with Crippen LogP contribution in [0.2, 0.25) is 0 Å². The van der Waals surface area contributed by atoms with Gasteiger partial charge in [-0.15, -0.1) is 23.2 Å². The number of amides is 3. The van der Waals surface area contributed by atoms with Crippen molar-refractivity contribution in [2.24, 2.45) is 0 Å². The van der Waals surface area contributed by atoms with E-state index in [0.717, 1.165) is 13.2 Å². The number of nitrogen functional groups attached to an aromatic ring is 2. The van der Waals surface area contributed by atoms with Crippen LogP contribution >= 0.6 is 34.8 Å². The summed E-state index contributed by atoms with van der Waals surface area (Å²) in [5.74, 6) is -4.80. The van der Waals surface area contributed by atoms with Gasteiger partial charge in [-0.05, 0) is 127 Å². The normalized spacial score (nSPS) is 9.81. The molecule has 0 unspecified atom stereocenters. The summed E-state index contributed by atoms with van der Waals surface area (Å²) in [4.78, 5) is 136. The van der Waals surface area contributed by atoms with Crippen molar-refractivity contribution in [3.8, 4) is 0 Å². The van der Waals surface area contributed by atoms with Gasteiger partial charge in [0.15, 0.2) is 0 Å². The van der Waals surface area contributed by atoms with Gasteiger partial charge in [-0.2, -0.15) is 0 Å². The van der Waals surface area contributed by atoms with Crippen molar-refractivity contribution in [1.29, 1.82) is 0 Å². The number of esters is 7. The molecule has 0 aliphatic carbocycles. The zero-order valence-corrected chi connectivity index (χ0v) is 58.7. The van der Waals surface area contributed by atoms with Gasteiger partial charge in [0, 0.05) is 17.4 Å². The number of aliphatic hydroxyl groups is 1. The average Bonchev–Trinajstić information content (AvgIpc) is 0.830. The molecule has 8 N–H and O–H groups in total. The molecule has 0 fully saturated rings. The van der Waals surface area contributed by atoms with Crippen LogP contribution < -0.4 is 27.4 Å². The van der Waals surface area contributed by atoms with E-state index >= 15 is 0 Å². The third-order valence-corrected chi connectivity index (χ3v) is 12.2. The van der Waals surface area contributed by atoms with Gasteiger partial charge < -0.3 is 84.6 Å². The molecule has 3 amide bonds. The Hall–Kier alpha value is -11.4. The Morgan fingerprint density at radius 1 is 0.404 bits per heavy atom. The number of hydrogen-bond acceptors (Lipinski definition) is 27. The first kappa shape index (κ1) is 88.7. The second-order valence-electron chi connectivity index (χ2n) is 19.5. The summed E-state index contributed by atoms with van der Waals surface area (Å²) >= 11 is 14.6. The summed E-state index contributed by atoms with van der Waals surface area (Å²) in [6, 6.07) is 46.4. The maximum absolute atomic E-state index is 11.9. The Balaban J connectivity index is 0.000000451. The van der Waals surface area contributed by atoms with Crippen LogP contribution in [0.25, 0.3) is 0 Å². The molecule has 0 aliphatic heterocycles. The smallest absolute Gasteiger partial charge is 0.338 e. The fourth-order valence-electron chi connectivity index (χ4n) is 7.33. The molecule has 0 heterocycles. The van der Waals surface area contributed by atoms with Crippen LogP contribution in [0.1, 0.15) is 72.5 Å². The summed E-state index contributed by atoms with van der Waals surface area (Å²) < 4.78 is 53.0. The van der Waals surface area contributed by atoms with Crippen molar-refractivity contribution in [3.05, 3.63) is 225 Å². The molecule has 0 aliphatic rings. The number of anilines is 5. The molecular weight excluding hydrogens is 1430 g/mol. The summed E-state index contributed by atoms with van der Waals surface area (Å²) in [6.45, 7) is -0.696. The van der Waals surface area contributed by atoms with Crippen molar-refractivity contribution in [3.63, 3.8) is 0 Å². The number of carbonyl (C=O) groups is 11. The third kappa shape index (κ3) is 37.3. The molecular formula is C70H75Cl3N6O25. The fraction of sp³-hybridized carbons (Fsp3) is 0.243. The van der Waals surface area contributed by atoms with Crippen molar-refractivity contribution in [2.45, 2.75) is 0 Å². The van der Waals surface area contributed by atoms with Crippen LogP contribution in [0.3, 0.4) is 0 Å². The van der Waals surface area contributed by atoms with Gasteiger partial charge in [-0.3, -0.25) is 29.3 Å². The Morgan fingerprint density at radius 2 is 0.721 bits per heavy atom. The lowest BCUT2D eigenvalue weighted by Crippen LogP contribution is -2.21. The number of nitrogens with one attached hydrogen (secondary N) is 3. The van der Waals surface area contributed by atoms with E-state index in [4.69, 9.17) is 84.5 Å². The predicted octanol–water partition coefficient (Wildman–Crippen LogP) is 8.58. The Labute approximate surface area is 611 Å². The van der Waals surface area contributed by atoms with Gasteiger partial charge in [0.2, 0.25) is 17.1 Å². The number of nitrogens with zero attached hydrogens (tertiary/aromatic N) is 1. The number of rotatable bonds is 30. The van der Waals surface area contributed by atoms with Crippen LogP contribution in [-0.4, -0.2) is 188 Å². The molecule has 7 rings (SSSR count). The summed E-state index contributed by atoms with van der Waals surface area (Å²) in [6.07, 6.45) is 0. The Kier molecular flexibility index (Phi) is 44.8. The Bertz CT molecular complexity index is 3850. The molecule has 0 aromatic heterocycles. The minimum absolute atomic E-state index is 0.0197. The minimum atomic E-state index is -0.737. The van der Waals surface area contributed by atoms with E-state index in [-0.39, 0.29) is 107 Å². The van der Waals surface area contributed by atoms with E-state index in [2.05, 4.69) is 34.9 Å². The van der Waals surface area contributed by atoms with Crippen molar-refractivity contribution < 1.29 is 115 Å². The van der Waals surface area contributed by atoms with Crippen LogP contribution in [0.4, 0.5) is 34.1 Å². The van der Waals surface area contributed by atoms with E-state index in [0.29, 0.717) is 50.4 Å². The predicted molar refractivity (Wildman–Crippen MR) is 380 cm³/mol. The maximum Gasteiger partial charge on any atom is 0.338 e. The maximum atomic E-state index is 11.9.